The second-order valence-electron chi connectivity index (χ2n) is 5.57. The molecule has 0 aliphatic rings. The molecule has 0 spiro atoms. The molecule has 26 heavy (non-hydrogen) atoms. The van der Waals surface area contributed by atoms with E-state index < -0.39 is 11.7 Å². The summed E-state index contributed by atoms with van der Waals surface area (Å²) in [5, 5.41) is 13.4. The van der Waals surface area contributed by atoms with E-state index in [-0.39, 0.29) is 11.4 Å². The molecule has 0 radical (unpaired) electrons. The third-order valence-electron chi connectivity index (χ3n) is 3.64. The lowest BCUT2D eigenvalue weighted by Crippen LogP contribution is -2.15. The fraction of sp³-hybridized carbons (Fsp3) is 0.105. The molecule has 1 amide bonds. The van der Waals surface area contributed by atoms with Gasteiger partial charge in [0.05, 0.1) is 18.5 Å². The molecule has 1 aromatic heterocycles. The average Bonchev–Trinajstić information content (AvgIpc) is 2.64. The van der Waals surface area contributed by atoms with Crippen molar-refractivity contribution in [2.24, 2.45) is 0 Å². The van der Waals surface area contributed by atoms with Gasteiger partial charge in [-0.2, -0.15) is 0 Å². The van der Waals surface area contributed by atoms with Crippen LogP contribution in [0.15, 0.2) is 54.6 Å². The SMILES string of the molecule is COc1ccc(C)cc1Nc1ccc(C(=O)Nc2ccccc2F)nn1. The molecule has 0 aliphatic heterocycles. The Hall–Kier alpha value is -3.48. The Balaban J connectivity index is 1.73. The van der Waals surface area contributed by atoms with E-state index >= 15 is 0 Å². The molecule has 2 aromatic carbocycles. The lowest BCUT2D eigenvalue weighted by Gasteiger charge is -2.11. The highest BCUT2D eigenvalue weighted by Gasteiger charge is 2.12. The van der Waals surface area contributed by atoms with Crippen LogP contribution in [-0.2, 0) is 0 Å². The molecule has 1 heterocycles. The van der Waals surface area contributed by atoms with Crippen LogP contribution in [0.1, 0.15) is 16.1 Å². The maximum atomic E-state index is 13.6. The van der Waals surface area contributed by atoms with Gasteiger partial charge in [-0.05, 0) is 48.9 Å². The summed E-state index contributed by atoms with van der Waals surface area (Å²) in [6.45, 7) is 1.96. The van der Waals surface area contributed by atoms with Gasteiger partial charge in [0, 0.05) is 0 Å². The van der Waals surface area contributed by atoms with Crippen LogP contribution in [0.2, 0.25) is 0 Å². The van der Waals surface area contributed by atoms with Crippen LogP contribution in [-0.4, -0.2) is 23.2 Å². The smallest absolute Gasteiger partial charge is 0.276 e. The molecule has 3 rings (SSSR count). The van der Waals surface area contributed by atoms with Gasteiger partial charge in [-0.1, -0.05) is 18.2 Å². The monoisotopic (exact) mass is 352 g/mol. The van der Waals surface area contributed by atoms with Gasteiger partial charge in [0.25, 0.3) is 5.91 Å². The van der Waals surface area contributed by atoms with Gasteiger partial charge in [-0.15, -0.1) is 10.2 Å². The van der Waals surface area contributed by atoms with Crippen molar-refractivity contribution in [3.63, 3.8) is 0 Å². The fourth-order valence-corrected chi connectivity index (χ4v) is 2.33. The van der Waals surface area contributed by atoms with Gasteiger partial charge in [0.2, 0.25) is 0 Å². The maximum absolute atomic E-state index is 13.6. The summed E-state index contributed by atoms with van der Waals surface area (Å²) in [6.07, 6.45) is 0. The van der Waals surface area contributed by atoms with Crippen LogP contribution in [0.3, 0.4) is 0 Å². The second-order valence-corrected chi connectivity index (χ2v) is 5.57. The minimum absolute atomic E-state index is 0.0787. The van der Waals surface area contributed by atoms with E-state index in [1.165, 1.54) is 18.2 Å². The summed E-state index contributed by atoms with van der Waals surface area (Å²) in [4.78, 5) is 12.2. The molecule has 0 saturated carbocycles. The minimum Gasteiger partial charge on any atom is -0.495 e. The number of anilines is 3. The van der Waals surface area contributed by atoms with E-state index in [2.05, 4.69) is 20.8 Å². The van der Waals surface area contributed by atoms with Crippen molar-refractivity contribution < 1.29 is 13.9 Å². The fourth-order valence-electron chi connectivity index (χ4n) is 2.33. The molecule has 0 unspecified atom stereocenters. The topological polar surface area (TPSA) is 76.1 Å². The largest absolute Gasteiger partial charge is 0.495 e. The first-order valence-corrected chi connectivity index (χ1v) is 7.88. The van der Waals surface area contributed by atoms with Crippen molar-refractivity contribution in [1.29, 1.82) is 0 Å². The second kappa shape index (κ2) is 7.60. The number of aromatic nitrogens is 2. The number of aryl methyl sites for hydroxylation is 1. The number of nitrogens with zero attached hydrogens (tertiary/aromatic N) is 2. The molecule has 0 aliphatic carbocycles. The van der Waals surface area contributed by atoms with Crippen LogP contribution in [0.4, 0.5) is 21.6 Å². The van der Waals surface area contributed by atoms with Crippen LogP contribution in [0.5, 0.6) is 5.75 Å². The van der Waals surface area contributed by atoms with Gasteiger partial charge in [0.15, 0.2) is 11.5 Å². The highest BCUT2D eigenvalue weighted by atomic mass is 19.1. The third kappa shape index (κ3) is 3.94. The molecule has 2 N–H and O–H groups in total. The van der Waals surface area contributed by atoms with Gasteiger partial charge in [-0.25, -0.2) is 4.39 Å². The van der Waals surface area contributed by atoms with Gasteiger partial charge in [-0.3, -0.25) is 4.79 Å². The molecule has 0 atom stereocenters. The molecule has 3 aromatic rings. The summed E-state index contributed by atoms with van der Waals surface area (Å²) in [5.74, 6) is 0.0658. The molecular weight excluding hydrogens is 335 g/mol. The van der Waals surface area contributed by atoms with Crippen LogP contribution in [0, 0.1) is 12.7 Å². The zero-order valence-electron chi connectivity index (χ0n) is 14.3. The number of methoxy groups -OCH3 is 1. The quantitative estimate of drug-likeness (QED) is 0.728. The van der Waals surface area contributed by atoms with E-state index in [1.807, 2.05) is 25.1 Å². The number of nitrogens with one attached hydrogen (secondary N) is 2. The standard InChI is InChI=1S/C19H17FN4O2/c1-12-7-9-17(26-2)16(11-12)21-18-10-8-15(23-24-18)19(25)22-14-6-4-3-5-13(14)20/h3-11H,1-2H3,(H,21,24)(H,22,25). The number of rotatable bonds is 5. The van der Waals surface area contributed by atoms with Crippen molar-refractivity contribution in [3.05, 3.63) is 71.7 Å². The van der Waals surface area contributed by atoms with E-state index in [0.717, 1.165) is 11.3 Å². The van der Waals surface area contributed by atoms with E-state index in [9.17, 15) is 9.18 Å². The molecule has 6 nitrogen and oxygen atoms in total. The molecular formula is C19H17FN4O2. The van der Waals surface area contributed by atoms with E-state index in [0.29, 0.717) is 11.6 Å². The highest BCUT2D eigenvalue weighted by Crippen LogP contribution is 2.27. The Bertz CT molecular complexity index is 929. The first-order valence-electron chi connectivity index (χ1n) is 7.88. The van der Waals surface area contributed by atoms with Gasteiger partial charge >= 0.3 is 0 Å². The Kier molecular flexibility index (Phi) is 5.07. The Labute approximate surface area is 150 Å². The van der Waals surface area contributed by atoms with Crippen molar-refractivity contribution in [3.8, 4) is 5.75 Å². The Morgan fingerprint density at radius 1 is 1.04 bits per heavy atom. The maximum Gasteiger partial charge on any atom is 0.276 e. The highest BCUT2D eigenvalue weighted by molar-refractivity contribution is 6.02. The molecule has 0 bridgehead atoms. The number of carbonyl (C=O) groups is 1. The average molecular weight is 352 g/mol. The molecule has 132 valence electrons. The molecule has 0 fully saturated rings. The zero-order chi connectivity index (χ0) is 18.5. The van der Waals surface area contributed by atoms with Gasteiger partial charge in [0.1, 0.15) is 11.6 Å². The first kappa shape index (κ1) is 17.3. The summed E-state index contributed by atoms with van der Waals surface area (Å²) in [7, 11) is 1.58. The van der Waals surface area contributed by atoms with Gasteiger partial charge < -0.3 is 15.4 Å². The summed E-state index contributed by atoms with van der Waals surface area (Å²) in [5.41, 5.74) is 1.97. The number of para-hydroxylation sites is 1. The number of hydrogen-bond donors (Lipinski definition) is 2. The van der Waals surface area contributed by atoms with Crippen molar-refractivity contribution in [2.45, 2.75) is 6.92 Å². The number of amides is 1. The van der Waals surface area contributed by atoms with Crippen LogP contribution in [0.25, 0.3) is 0 Å². The lowest BCUT2D eigenvalue weighted by atomic mass is 10.2. The Morgan fingerprint density at radius 3 is 2.54 bits per heavy atom. The number of benzene rings is 2. The summed E-state index contributed by atoms with van der Waals surface area (Å²) in [6, 6.07) is 14.7. The molecule has 7 heteroatoms. The predicted molar refractivity (Wildman–Crippen MR) is 97.4 cm³/mol. The normalized spacial score (nSPS) is 10.3. The van der Waals surface area contributed by atoms with Crippen molar-refractivity contribution in [2.75, 3.05) is 17.7 Å². The lowest BCUT2D eigenvalue weighted by molar-refractivity contribution is 0.102. The number of hydrogen-bond acceptors (Lipinski definition) is 5. The third-order valence-corrected chi connectivity index (χ3v) is 3.64. The first-order chi connectivity index (χ1) is 12.6. The number of ether oxygens (including phenoxy) is 1. The van der Waals surface area contributed by atoms with E-state index in [1.54, 1.807) is 25.3 Å². The predicted octanol–water partition coefficient (Wildman–Crippen LogP) is 3.93. The Morgan fingerprint density at radius 2 is 1.85 bits per heavy atom. The summed E-state index contributed by atoms with van der Waals surface area (Å²) >= 11 is 0. The van der Waals surface area contributed by atoms with Crippen LogP contribution < -0.4 is 15.4 Å². The van der Waals surface area contributed by atoms with E-state index in [4.69, 9.17) is 4.74 Å². The number of carbonyl (C=O) groups excluding carboxylic acids is 1. The summed E-state index contributed by atoms with van der Waals surface area (Å²) < 4.78 is 18.9. The van der Waals surface area contributed by atoms with Crippen LogP contribution >= 0.6 is 0 Å². The molecule has 0 saturated heterocycles. The number of halogens is 1. The van der Waals surface area contributed by atoms with Crippen molar-refractivity contribution >= 4 is 23.1 Å². The van der Waals surface area contributed by atoms with Crippen molar-refractivity contribution in [1.82, 2.24) is 10.2 Å². The zero-order valence-corrected chi connectivity index (χ0v) is 14.3. The minimum atomic E-state index is -0.540.